The van der Waals surface area contributed by atoms with Crippen molar-refractivity contribution in [2.45, 2.75) is 33.6 Å². The van der Waals surface area contributed by atoms with E-state index in [-0.39, 0.29) is 12.6 Å². The Balaban J connectivity index is 2.41. The molecule has 5 heteroatoms. The summed E-state index contributed by atoms with van der Waals surface area (Å²) in [7, 11) is 0. The summed E-state index contributed by atoms with van der Waals surface area (Å²) in [5.74, 6) is 0.865. The number of urea groups is 1. The molecular weight excluding hydrogens is 254 g/mol. The van der Waals surface area contributed by atoms with E-state index in [9.17, 15) is 4.79 Å². The number of aryl methyl sites for hydroxylation is 1. The Morgan fingerprint density at radius 1 is 1.45 bits per heavy atom. The van der Waals surface area contributed by atoms with Gasteiger partial charge in [-0.1, -0.05) is 13.8 Å². The third-order valence-corrected chi connectivity index (χ3v) is 3.05. The molecule has 5 nitrogen and oxygen atoms in total. The highest BCUT2D eigenvalue weighted by atomic mass is 16.3. The quantitative estimate of drug-likeness (QED) is 0.718. The molecule has 0 spiro atoms. The van der Waals surface area contributed by atoms with Crippen LogP contribution in [0.5, 0.6) is 0 Å². The van der Waals surface area contributed by atoms with Crippen molar-refractivity contribution in [1.29, 1.82) is 0 Å². The Morgan fingerprint density at radius 3 is 2.80 bits per heavy atom. The summed E-state index contributed by atoms with van der Waals surface area (Å²) in [5.41, 5.74) is 1.60. The lowest BCUT2D eigenvalue weighted by Gasteiger charge is -2.18. The molecule has 3 N–H and O–H groups in total. The second-order valence-electron chi connectivity index (χ2n) is 5.53. The maximum absolute atomic E-state index is 11.8. The van der Waals surface area contributed by atoms with Crippen molar-refractivity contribution in [3.05, 3.63) is 24.0 Å². The van der Waals surface area contributed by atoms with E-state index < -0.39 is 0 Å². The van der Waals surface area contributed by atoms with Crippen molar-refractivity contribution < 1.29 is 9.90 Å². The van der Waals surface area contributed by atoms with E-state index >= 15 is 0 Å². The van der Waals surface area contributed by atoms with Crippen LogP contribution in [0.2, 0.25) is 0 Å². The van der Waals surface area contributed by atoms with E-state index in [2.05, 4.69) is 29.5 Å². The molecule has 0 saturated heterocycles. The second-order valence-corrected chi connectivity index (χ2v) is 5.53. The Labute approximate surface area is 120 Å². The van der Waals surface area contributed by atoms with E-state index in [4.69, 9.17) is 5.11 Å². The molecule has 0 radical (unpaired) electrons. The molecule has 1 unspecified atom stereocenters. The highest BCUT2D eigenvalue weighted by Gasteiger charge is 2.12. The molecule has 1 atom stereocenters. The molecule has 0 aromatic carbocycles. The lowest BCUT2D eigenvalue weighted by atomic mass is 9.94. The summed E-state index contributed by atoms with van der Waals surface area (Å²) in [4.78, 5) is 15.9. The molecule has 1 heterocycles. The fourth-order valence-electron chi connectivity index (χ4n) is 2.19. The Hall–Kier alpha value is -1.62. The molecule has 1 rings (SSSR count). The number of carbonyl (C=O) groups is 1. The van der Waals surface area contributed by atoms with E-state index in [1.807, 2.05) is 13.0 Å². The molecule has 1 aromatic rings. The van der Waals surface area contributed by atoms with Gasteiger partial charge in [-0.2, -0.15) is 0 Å². The maximum Gasteiger partial charge on any atom is 0.319 e. The van der Waals surface area contributed by atoms with Gasteiger partial charge >= 0.3 is 6.03 Å². The molecule has 2 amide bonds. The predicted octanol–water partition coefficient (Wildman–Crippen LogP) is 2.56. The molecule has 112 valence electrons. The Morgan fingerprint density at radius 2 is 2.20 bits per heavy atom. The fourth-order valence-corrected chi connectivity index (χ4v) is 2.19. The maximum atomic E-state index is 11.8. The van der Waals surface area contributed by atoms with Crippen molar-refractivity contribution in [1.82, 2.24) is 10.3 Å². The first-order valence-electron chi connectivity index (χ1n) is 7.09. The van der Waals surface area contributed by atoms with Gasteiger partial charge in [-0.05, 0) is 43.7 Å². The minimum Gasteiger partial charge on any atom is -0.396 e. The van der Waals surface area contributed by atoms with Crippen molar-refractivity contribution in [2.75, 3.05) is 18.5 Å². The number of aliphatic hydroxyl groups is 1. The number of pyridine rings is 1. The normalized spacial score (nSPS) is 12.2. The lowest BCUT2D eigenvalue weighted by molar-refractivity contribution is 0.231. The van der Waals surface area contributed by atoms with Crippen LogP contribution in [-0.4, -0.2) is 29.3 Å². The van der Waals surface area contributed by atoms with Gasteiger partial charge in [-0.15, -0.1) is 0 Å². The predicted molar refractivity (Wildman–Crippen MR) is 80.6 cm³/mol. The van der Waals surface area contributed by atoms with Gasteiger partial charge in [0.25, 0.3) is 0 Å². The SMILES string of the molecule is Cc1cc(NC(=O)NCC(CCO)CC(C)C)ccn1. The zero-order valence-electron chi connectivity index (χ0n) is 12.5. The Kier molecular flexibility index (Phi) is 7.01. The molecule has 0 fully saturated rings. The topological polar surface area (TPSA) is 74.2 Å². The molecule has 0 bridgehead atoms. The smallest absolute Gasteiger partial charge is 0.319 e. The summed E-state index contributed by atoms with van der Waals surface area (Å²) in [5, 5.41) is 14.7. The number of anilines is 1. The van der Waals surface area contributed by atoms with Crippen LogP contribution in [0.15, 0.2) is 18.3 Å². The fraction of sp³-hybridized carbons (Fsp3) is 0.600. The molecular formula is C15H25N3O2. The van der Waals surface area contributed by atoms with Gasteiger partial charge in [0.1, 0.15) is 0 Å². The summed E-state index contributed by atoms with van der Waals surface area (Å²) in [6, 6.07) is 3.35. The number of rotatable bonds is 7. The molecule has 20 heavy (non-hydrogen) atoms. The number of nitrogens with zero attached hydrogens (tertiary/aromatic N) is 1. The molecule has 0 saturated carbocycles. The zero-order valence-corrected chi connectivity index (χ0v) is 12.5. The monoisotopic (exact) mass is 279 g/mol. The van der Waals surface area contributed by atoms with Crippen LogP contribution >= 0.6 is 0 Å². The van der Waals surface area contributed by atoms with E-state index in [0.717, 1.165) is 17.8 Å². The van der Waals surface area contributed by atoms with Gasteiger partial charge in [-0.25, -0.2) is 4.79 Å². The van der Waals surface area contributed by atoms with Gasteiger partial charge in [0.05, 0.1) is 0 Å². The number of amides is 2. The summed E-state index contributed by atoms with van der Waals surface area (Å²) < 4.78 is 0. The van der Waals surface area contributed by atoms with Crippen LogP contribution in [0.1, 0.15) is 32.4 Å². The number of aromatic nitrogens is 1. The van der Waals surface area contributed by atoms with Crippen molar-refractivity contribution in [3.63, 3.8) is 0 Å². The largest absolute Gasteiger partial charge is 0.396 e. The average Bonchev–Trinajstić information content (AvgIpc) is 2.35. The first-order chi connectivity index (χ1) is 9.51. The first-order valence-corrected chi connectivity index (χ1v) is 7.09. The average molecular weight is 279 g/mol. The molecule has 1 aromatic heterocycles. The summed E-state index contributed by atoms with van der Waals surface area (Å²) in [6.07, 6.45) is 3.38. The third-order valence-electron chi connectivity index (χ3n) is 3.05. The van der Waals surface area contributed by atoms with Gasteiger partial charge < -0.3 is 15.7 Å². The summed E-state index contributed by atoms with van der Waals surface area (Å²) in [6.45, 7) is 6.90. The van der Waals surface area contributed by atoms with E-state index in [1.54, 1.807) is 12.3 Å². The number of aliphatic hydroxyl groups excluding tert-OH is 1. The molecule has 0 aliphatic rings. The van der Waals surface area contributed by atoms with Gasteiger partial charge in [0.15, 0.2) is 0 Å². The van der Waals surface area contributed by atoms with Crippen molar-refractivity contribution >= 4 is 11.7 Å². The minimum absolute atomic E-state index is 0.157. The van der Waals surface area contributed by atoms with Gasteiger partial charge in [0, 0.05) is 30.7 Å². The second kappa shape index (κ2) is 8.53. The van der Waals surface area contributed by atoms with E-state index in [1.165, 1.54) is 0 Å². The van der Waals surface area contributed by atoms with Crippen LogP contribution in [0.3, 0.4) is 0 Å². The molecule has 0 aliphatic carbocycles. The standard InChI is InChI=1S/C15H25N3O2/c1-11(2)8-13(5-7-19)10-17-15(20)18-14-4-6-16-12(3)9-14/h4,6,9,11,13,19H,5,7-8,10H2,1-3H3,(H2,16,17,18,20). The third kappa shape index (κ3) is 6.52. The van der Waals surface area contributed by atoms with Gasteiger partial charge in [-0.3, -0.25) is 4.98 Å². The van der Waals surface area contributed by atoms with Crippen LogP contribution in [0.25, 0.3) is 0 Å². The number of hydrogen-bond acceptors (Lipinski definition) is 3. The summed E-state index contributed by atoms with van der Waals surface area (Å²) >= 11 is 0. The number of nitrogens with one attached hydrogen (secondary N) is 2. The highest BCUT2D eigenvalue weighted by Crippen LogP contribution is 2.14. The van der Waals surface area contributed by atoms with Crippen LogP contribution in [0, 0.1) is 18.8 Å². The van der Waals surface area contributed by atoms with Crippen LogP contribution in [0.4, 0.5) is 10.5 Å². The lowest BCUT2D eigenvalue weighted by Crippen LogP contribution is -2.33. The zero-order chi connectivity index (χ0) is 15.0. The first kappa shape index (κ1) is 16.4. The minimum atomic E-state index is -0.220. The Bertz CT molecular complexity index is 421. The van der Waals surface area contributed by atoms with Crippen molar-refractivity contribution in [3.8, 4) is 0 Å². The van der Waals surface area contributed by atoms with Crippen molar-refractivity contribution in [2.24, 2.45) is 11.8 Å². The van der Waals surface area contributed by atoms with Crippen LogP contribution in [-0.2, 0) is 0 Å². The molecule has 0 aliphatic heterocycles. The van der Waals surface area contributed by atoms with E-state index in [0.29, 0.717) is 24.8 Å². The van der Waals surface area contributed by atoms with Crippen LogP contribution < -0.4 is 10.6 Å². The van der Waals surface area contributed by atoms with Gasteiger partial charge in [0.2, 0.25) is 0 Å². The number of hydrogen-bond donors (Lipinski definition) is 3. The number of carbonyl (C=O) groups excluding carboxylic acids is 1. The highest BCUT2D eigenvalue weighted by molar-refractivity contribution is 5.89.